The van der Waals surface area contributed by atoms with Crippen molar-refractivity contribution < 1.29 is 24.0 Å². The Labute approximate surface area is 57.2 Å². The number of carboxylic acid groups (broad SMARTS) is 1. The normalized spacial score (nSPS) is 23.6. The Balaban J connectivity index is 2.40. The first-order valence-electron chi connectivity index (χ1n) is 2.70. The van der Waals surface area contributed by atoms with E-state index in [1.807, 2.05) is 0 Å². The van der Waals surface area contributed by atoms with Gasteiger partial charge < -0.3 is 14.4 Å². The third kappa shape index (κ3) is 1.47. The second-order valence-electron chi connectivity index (χ2n) is 1.83. The van der Waals surface area contributed by atoms with Crippen LogP contribution >= 0.6 is 0 Å². The second-order valence-corrected chi connectivity index (χ2v) is 1.83. The van der Waals surface area contributed by atoms with Gasteiger partial charge in [-0.15, -0.1) is 0 Å². The van der Waals surface area contributed by atoms with E-state index in [0.29, 0.717) is 0 Å². The monoisotopic (exact) mass is 144 g/mol. The average Bonchev–Trinajstić information content (AvgIpc) is 2.15. The minimum absolute atomic E-state index is 0.128. The number of carboxylic acids is 1. The number of carbonyl (C=O) groups is 2. The molecule has 0 unspecified atom stereocenters. The van der Waals surface area contributed by atoms with Crippen molar-refractivity contribution in [2.45, 2.75) is 12.5 Å². The molecule has 6 heteroatoms. The summed E-state index contributed by atoms with van der Waals surface area (Å²) >= 11 is 0. The molecule has 1 fully saturated rings. The molecule has 10 heavy (non-hydrogen) atoms. The van der Waals surface area contributed by atoms with Crippen molar-refractivity contribution >= 4 is 19.6 Å². The Morgan fingerprint density at radius 3 is 2.90 bits per heavy atom. The van der Waals surface area contributed by atoms with Gasteiger partial charge in [0, 0.05) is 0 Å². The lowest BCUT2D eigenvalue weighted by Gasteiger charge is -1.99. The van der Waals surface area contributed by atoms with Crippen LogP contribution in [0.1, 0.15) is 6.42 Å². The zero-order chi connectivity index (χ0) is 7.56. The highest BCUT2D eigenvalue weighted by Crippen LogP contribution is 2.06. The maximum absolute atomic E-state index is 10.5. The van der Waals surface area contributed by atoms with Crippen LogP contribution in [0.4, 0.5) is 0 Å². The van der Waals surface area contributed by atoms with Crippen LogP contribution in [0.3, 0.4) is 0 Å². The molecule has 1 saturated heterocycles. The zero-order valence-corrected chi connectivity index (χ0v) is 5.07. The first-order valence-corrected chi connectivity index (χ1v) is 2.70. The molecule has 0 aromatic heterocycles. The van der Waals surface area contributed by atoms with E-state index in [9.17, 15) is 9.59 Å². The third-order valence-electron chi connectivity index (χ3n) is 1.09. The van der Waals surface area contributed by atoms with Gasteiger partial charge in [0.15, 0.2) is 6.10 Å². The molecule has 1 aliphatic rings. The molecule has 1 atom stereocenters. The van der Waals surface area contributed by atoms with Gasteiger partial charge in [-0.2, -0.15) is 0 Å². The summed E-state index contributed by atoms with van der Waals surface area (Å²) in [4.78, 5) is 20.5. The van der Waals surface area contributed by atoms with Crippen molar-refractivity contribution in [2.75, 3.05) is 0 Å². The summed E-state index contributed by atoms with van der Waals surface area (Å²) in [5.74, 6) is -1.66. The van der Waals surface area contributed by atoms with Crippen LogP contribution in [0.25, 0.3) is 0 Å². The molecule has 1 aliphatic heterocycles. The molecule has 1 rings (SSSR count). The first-order chi connectivity index (χ1) is 4.70. The quantitative estimate of drug-likeness (QED) is 0.486. The molecule has 0 spiro atoms. The molecule has 54 valence electrons. The van der Waals surface area contributed by atoms with Crippen LogP contribution < -0.4 is 0 Å². The Morgan fingerprint density at radius 2 is 2.50 bits per heavy atom. The first kappa shape index (κ1) is 7.08. The highest BCUT2D eigenvalue weighted by molar-refractivity contribution is 6.26. The van der Waals surface area contributed by atoms with Gasteiger partial charge in [-0.25, -0.2) is 0 Å². The van der Waals surface area contributed by atoms with Crippen LogP contribution in [-0.2, 0) is 18.9 Å². The van der Waals surface area contributed by atoms with E-state index in [-0.39, 0.29) is 14.1 Å². The maximum Gasteiger partial charge on any atom is 0.509 e. The van der Waals surface area contributed by atoms with Crippen molar-refractivity contribution in [3.63, 3.8) is 0 Å². The smallest absolute Gasteiger partial charge is 0.509 e. The molecule has 0 bridgehead atoms. The predicted molar refractivity (Wildman–Crippen MR) is 30.4 cm³/mol. The molecule has 1 heterocycles. The Hall–Kier alpha value is -1.04. The molecule has 0 aliphatic carbocycles. The van der Waals surface area contributed by atoms with Crippen molar-refractivity contribution in [1.82, 2.24) is 0 Å². The van der Waals surface area contributed by atoms with Gasteiger partial charge in [0.2, 0.25) is 0 Å². The Kier molecular flexibility index (Phi) is 1.91. The standard InChI is InChI=1S/C4H5BO5/c6-3(7)1-2-4(8)10-5-9-2/h2,5H,1H2,(H,6,7)/t2-/m0/s1. The molecule has 1 N–H and O–H groups in total. The van der Waals surface area contributed by atoms with Gasteiger partial charge in [0.05, 0.1) is 6.42 Å². The van der Waals surface area contributed by atoms with Crippen molar-refractivity contribution in [3.05, 3.63) is 0 Å². The summed E-state index contributed by atoms with van der Waals surface area (Å²) < 4.78 is 8.97. The lowest BCUT2D eigenvalue weighted by molar-refractivity contribution is -0.145. The fraction of sp³-hybridized carbons (Fsp3) is 0.500. The molecule has 0 radical (unpaired) electrons. The Morgan fingerprint density at radius 1 is 1.80 bits per heavy atom. The molecule has 0 aromatic rings. The van der Waals surface area contributed by atoms with Gasteiger partial charge in [0.25, 0.3) is 0 Å². The fourth-order valence-corrected chi connectivity index (χ4v) is 0.636. The largest absolute Gasteiger partial charge is 0.510 e. The second kappa shape index (κ2) is 2.70. The van der Waals surface area contributed by atoms with Crippen molar-refractivity contribution in [1.29, 1.82) is 0 Å². The number of aliphatic carboxylic acids is 1. The lowest BCUT2D eigenvalue weighted by atomic mass is 10.2. The average molecular weight is 144 g/mol. The topological polar surface area (TPSA) is 72.8 Å². The van der Waals surface area contributed by atoms with Crippen LogP contribution in [0.15, 0.2) is 0 Å². The van der Waals surface area contributed by atoms with Gasteiger partial charge in [-0.1, -0.05) is 0 Å². The molecule has 0 saturated carbocycles. The summed E-state index contributed by atoms with van der Waals surface area (Å²) in [6, 6.07) is 0. The highest BCUT2D eigenvalue weighted by atomic mass is 16.7. The van der Waals surface area contributed by atoms with E-state index >= 15 is 0 Å². The van der Waals surface area contributed by atoms with E-state index in [1.54, 1.807) is 0 Å². The molecular weight excluding hydrogens is 139 g/mol. The van der Waals surface area contributed by atoms with Crippen LogP contribution in [0.2, 0.25) is 0 Å². The van der Waals surface area contributed by atoms with Gasteiger partial charge in [-0.3, -0.25) is 9.59 Å². The summed E-state index contributed by atoms with van der Waals surface area (Å²) in [7, 11) is -0.128. The maximum atomic E-state index is 10.5. The van der Waals surface area contributed by atoms with Crippen LogP contribution in [0, 0.1) is 0 Å². The molecule has 0 aromatic carbocycles. The minimum atomic E-state index is -1.07. The Bertz CT molecular complexity index is 167. The summed E-state index contributed by atoms with van der Waals surface area (Å²) in [6.07, 6.45) is -1.23. The molecule has 0 amide bonds. The number of carbonyl (C=O) groups excluding carboxylic acids is 1. The summed E-state index contributed by atoms with van der Waals surface area (Å²) in [5.41, 5.74) is 0. The van der Waals surface area contributed by atoms with Gasteiger partial charge in [0.1, 0.15) is 0 Å². The minimum Gasteiger partial charge on any atom is -0.510 e. The van der Waals surface area contributed by atoms with Gasteiger partial charge in [-0.05, 0) is 0 Å². The lowest BCUT2D eigenvalue weighted by Crippen LogP contribution is -2.19. The van der Waals surface area contributed by atoms with Gasteiger partial charge >= 0.3 is 19.6 Å². The van der Waals surface area contributed by atoms with E-state index < -0.39 is 18.0 Å². The molecule has 5 nitrogen and oxygen atoms in total. The van der Waals surface area contributed by atoms with Crippen molar-refractivity contribution in [2.24, 2.45) is 0 Å². The van der Waals surface area contributed by atoms with E-state index in [2.05, 4.69) is 9.31 Å². The van der Waals surface area contributed by atoms with Crippen LogP contribution in [-0.4, -0.2) is 30.8 Å². The van der Waals surface area contributed by atoms with E-state index in [1.165, 1.54) is 0 Å². The SMILES string of the molecule is O=C(O)C[C@@H]1OBOC1=O. The molecular formula is C4H5BO5. The summed E-state index contributed by atoms with van der Waals surface area (Å²) in [5, 5.41) is 8.20. The van der Waals surface area contributed by atoms with E-state index in [4.69, 9.17) is 5.11 Å². The third-order valence-corrected chi connectivity index (χ3v) is 1.09. The number of hydrogen-bond donors (Lipinski definition) is 1. The number of hydrogen-bond acceptors (Lipinski definition) is 4. The number of rotatable bonds is 2. The fourth-order valence-electron chi connectivity index (χ4n) is 0.636. The summed E-state index contributed by atoms with van der Waals surface area (Å²) in [6.45, 7) is 0. The zero-order valence-electron chi connectivity index (χ0n) is 5.07. The predicted octanol–water partition coefficient (Wildman–Crippen LogP) is -1.33. The van der Waals surface area contributed by atoms with E-state index in [0.717, 1.165) is 0 Å². The van der Waals surface area contributed by atoms with Crippen molar-refractivity contribution in [3.8, 4) is 0 Å². The van der Waals surface area contributed by atoms with Crippen LogP contribution in [0.5, 0.6) is 0 Å². The highest BCUT2D eigenvalue weighted by Gasteiger charge is 2.30.